The molecule has 0 atom stereocenters. The number of rotatable bonds is 3. The molecule has 108 valence electrons. The van der Waals surface area contributed by atoms with Crippen molar-refractivity contribution in [1.29, 1.82) is 5.41 Å². The summed E-state index contributed by atoms with van der Waals surface area (Å²) in [7, 11) is 0. The second-order valence-electron chi connectivity index (χ2n) is 5.13. The van der Waals surface area contributed by atoms with Gasteiger partial charge in [0.25, 0.3) is 0 Å². The van der Waals surface area contributed by atoms with Crippen molar-refractivity contribution in [2.75, 3.05) is 0 Å². The van der Waals surface area contributed by atoms with Crippen molar-refractivity contribution >= 4 is 33.5 Å². The third-order valence-corrected chi connectivity index (χ3v) is 5.05. The first-order valence-corrected chi connectivity index (χ1v) is 8.55. The van der Waals surface area contributed by atoms with E-state index in [0.717, 1.165) is 32.8 Å². The van der Waals surface area contributed by atoms with Gasteiger partial charge in [-0.2, -0.15) is 0 Å². The number of nitrogens with zero attached hydrogens (tertiary/aromatic N) is 1. The van der Waals surface area contributed by atoms with Crippen LogP contribution in [-0.2, 0) is 12.8 Å². The third-order valence-electron chi connectivity index (χ3n) is 3.57. The lowest BCUT2D eigenvalue weighted by Gasteiger charge is -2.18. The van der Waals surface area contributed by atoms with Crippen LogP contribution in [-0.4, -0.2) is 10.8 Å². The summed E-state index contributed by atoms with van der Waals surface area (Å²) in [6.07, 6.45) is 4.47. The zero-order valence-corrected chi connectivity index (χ0v) is 13.9. The number of nitrogens with one attached hydrogen (secondary N) is 1. The van der Waals surface area contributed by atoms with Crippen LogP contribution in [0.4, 0.5) is 0 Å². The minimum atomic E-state index is 0.0911. The highest BCUT2D eigenvalue weighted by atomic mass is 79.9. The summed E-state index contributed by atoms with van der Waals surface area (Å²) in [5.41, 5.74) is 8.93. The number of benzene rings is 1. The molecule has 0 bridgehead atoms. The van der Waals surface area contributed by atoms with Crippen LogP contribution in [0.25, 0.3) is 0 Å². The van der Waals surface area contributed by atoms with E-state index >= 15 is 0 Å². The van der Waals surface area contributed by atoms with E-state index in [1.54, 1.807) is 11.8 Å². The van der Waals surface area contributed by atoms with Gasteiger partial charge >= 0.3 is 0 Å². The quantitative estimate of drug-likeness (QED) is 0.637. The van der Waals surface area contributed by atoms with E-state index in [9.17, 15) is 0 Å². The average Bonchev–Trinajstić information content (AvgIpc) is 2.46. The third kappa shape index (κ3) is 3.30. The zero-order valence-electron chi connectivity index (χ0n) is 11.5. The van der Waals surface area contributed by atoms with Gasteiger partial charge in [-0.05, 0) is 55.5 Å². The fourth-order valence-electron chi connectivity index (χ4n) is 2.53. The molecular weight excluding hydrogens is 346 g/mol. The molecule has 0 fully saturated rings. The van der Waals surface area contributed by atoms with Crippen molar-refractivity contribution in [3.05, 3.63) is 51.6 Å². The number of nitrogens with two attached hydrogens (primary N) is 1. The van der Waals surface area contributed by atoms with Crippen LogP contribution < -0.4 is 5.73 Å². The number of fused-ring (bicyclic) bond motifs is 1. The monoisotopic (exact) mass is 361 g/mol. The summed E-state index contributed by atoms with van der Waals surface area (Å²) < 4.78 is 1.04. The maximum absolute atomic E-state index is 7.82. The highest BCUT2D eigenvalue weighted by molar-refractivity contribution is 9.10. The Balaban J connectivity index is 2.01. The summed E-state index contributed by atoms with van der Waals surface area (Å²) in [5.74, 6) is 0.0911. The second kappa shape index (κ2) is 6.20. The summed E-state index contributed by atoms with van der Waals surface area (Å²) in [6.45, 7) is 0. The lowest BCUT2D eigenvalue weighted by atomic mass is 9.95. The van der Waals surface area contributed by atoms with Gasteiger partial charge in [0.2, 0.25) is 0 Å². The molecule has 0 amide bonds. The molecule has 21 heavy (non-hydrogen) atoms. The maximum atomic E-state index is 7.82. The Labute approximate surface area is 137 Å². The molecule has 3 rings (SSSR count). The molecule has 1 aromatic heterocycles. The molecule has 1 aliphatic rings. The van der Waals surface area contributed by atoms with Gasteiger partial charge in [0.1, 0.15) is 10.9 Å². The maximum Gasteiger partial charge on any atom is 0.125 e. The van der Waals surface area contributed by atoms with Gasteiger partial charge < -0.3 is 5.73 Å². The molecule has 0 unspecified atom stereocenters. The molecule has 0 saturated carbocycles. The average molecular weight is 362 g/mol. The minimum Gasteiger partial charge on any atom is -0.384 e. The largest absolute Gasteiger partial charge is 0.384 e. The molecule has 1 aliphatic carbocycles. The smallest absolute Gasteiger partial charge is 0.125 e. The Bertz CT molecular complexity index is 700. The van der Waals surface area contributed by atoms with Gasteiger partial charge in [-0.3, -0.25) is 5.41 Å². The lowest BCUT2D eigenvalue weighted by molar-refractivity contribution is 0.660. The number of hydrogen-bond acceptors (Lipinski definition) is 3. The van der Waals surface area contributed by atoms with Gasteiger partial charge in [-0.15, -0.1) is 0 Å². The van der Waals surface area contributed by atoms with E-state index in [1.807, 2.05) is 18.2 Å². The Morgan fingerprint density at radius 3 is 2.81 bits per heavy atom. The van der Waals surface area contributed by atoms with Crippen LogP contribution in [0.1, 0.15) is 29.7 Å². The van der Waals surface area contributed by atoms with Gasteiger partial charge in [0.05, 0.1) is 0 Å². The Morgan fingerprint density at radius 2 is 2.05 bits per heavy atom. The number of amidine groups is 1. The lowest BCUT2D eigenvalue weighted by Crippen LogP contribution is -2.16. The summed E-state index contributed by atoms with van der Waals surface area (Å²) in [4.78, 5) is 5.88. The number of aromatic nitrogens is 1. The van der Waals surface area contributed by atoms with Crippen LogP contribution in [0.5, 0.6) is 0 Å². The molecule has 5 heteroatoms. The Morgan fingerprint density at radius 1 is 1.24 bits per heavy atom. The summed E-state index contributed by atoms with van der Waals surface area (Å²) in [6, 6.07) is 10.1. The van der Waals surface area contributed by atoms with Crippen molar-refractivity contribution < 1.29 is 0 Å². The predicted octanol–water partition coefficient (Wildman–Crippen LogP) is 4.16. The molecule has 1 aromatic carbocycles. The first-order chi connectivity index (χ1) is 10.1. The van der Waals surface area contributed by atoms with Gasteiger partial charge in [-0.25, -0.2) is 4.98 Å². The highest BCUT2D eigenvalue weighted by Gasteiger charge is 2.17. The van der Waals surface area contributed by atoms with Crippen LogP contribution in [0.3, 0.4) is 0 Å². The summed E-state index contributed by atoms with van der Waals surface area (Å²) >= 11 is 5.05. The SMILES string of the molecule is N=C(N)c1cc2c(nc1Sc1cccc(Br)c1)CCCC2. The van der Waals surface area contributed by atoms with Crippen LogP contribution >= 0.6 is 27.7 Å². The van der Waals surface area contributed by atoms with Crippen molar-refractivity contribution in [3.63, 3.8) is 0 Å². The topological polar surface area (TPSA) is 62.8 Å². The first-order valence-electron chi connectivity index (χ1n) is 6.94. The van der Waals surface area contributed by atoms with Crippen LogP contribution in [0.15, 0.2) is 44.7 Å². The predicted molar refractivity (Wildman–Crippen MR) is 90.2 cm³/mol. The van der Waals surface area contributed by atoms with Crippen molar-refractivity contribution in [2.45, 2.75) is 35.6 Å². The fraction of sp³-hybridized carbons (Fsp3) is 0.250. The molecule has 0 aliphatic heterocycles. The number of hydrogen-bond donors (Lipinski definition) is 2. The normalized spacial score (nSPS) is 13.8. The van der Waals surface area contributed by atoms with Crippen molar-refractivity contribution in [3.8, 4) is 0 Å². The zero-order chi connectivity index (χ0) is 14.8. The van der Waals surface area contributed by atoms with E-state index in [2.05, 4.69) is 28.1 Å². The minimum absolute atomic E-state index is 0.0911. The van der Waals surface area contributed by atoms with Crippen molar-refractivity contribution in [1.82, 2.24) is 4.98 Å². The molecule has 3 N–H and O–H groups in total. The van der Waals surface area contributed by atoms with Gasteiger partial charge in [0.15, 0.2) is 0 Å². The van der Waals surface area contributed by atoms with Crippen molar-refractivity contribution in [2.24, 2.45) is 5.73 Å². The van der Waals surface area contributed by atoms with Gasteiger partial charge in [-0.1, -0.05) is 33.8 Å². The van der Waals surface area contributed by atoms with E-state index in [0.29, 0.717) is 0 Å². The molecular formula is C16H16BrN3S. The number of halogens is 1. The molecule has 2 aromatic rings. The molecule has 1 heterocycles. The Hall–Kier alpha value is -1.33. The highest BCUT2D eigenvalue weighted by Crippen LogP contribution is 2.33. The van der Waals surface area contributed by atoms with Crippen LogP contribution in [0.2, 0.25) is 0 Å². The summed E-state index contributed by atoms with van der Waals surface area (Å²) in [5, 5.41) is 8.65. The number of aryl methyl sites for hydroxylation is 2. The van der Waals surface area contributed by atoms with E-state index in [1.165, 1.54) is 24.1 Å². The molecule has 0 radical (unpaired) electrons. The van der Waals surface area contributed by atoms with E-state index in [-0.39, 0.29) is 5.84 Å². The van der Waals surface area contributed by atoms with Crippen LogP contribution in [0, 0.1) is 5.41 Å². The standard InChI is InChI=1S/C16H16BrN3S/c17-11-5-3-6-12(9-11)21-16-13(15(18)19)8-10-4-1-2-7-14(10)20-16/h3,5-6,8-9H,1-2,4,7H2,(H3,18,19). The van der Waals surface area contributed by atoms with E-state index in [4.69, 9.17) is 16.1 Å². The molecule has 0 spiro atoms. The molecule has 0 saturated heterocycles. The number of pyridine rings is 1. The van der Waals surface area contributed by atoms with Gasteiger partial charge in [0, 0.05) is 20.6 Å². The Kier molecular flexibility index (Phi) is 4.31. The first kappa shape index (κ1) is 14.6. The second-order valence-corrected chi connectivity index (χ2v) is 7.11. The molecule has 3 nitrogen and oxygen atoms in total. The van der Waals surface area contributed by atoms with E-state index < -0.39 is 0 Å². The fourth-order valence-corrected chi connectivity index (χ4v) is 4.07. The number of nitrogen functional groups attached to an aromatic ring is 1.